The summed E-state index contributed by atoms with van der Waals surface area (Å²) in [6, 6.07) is 1.84. The molecule has 0 amide bonds. The van der Waals surface area contributed by atoms with Gasteiger partial charge in [-0.25, -0.2) is 4.39 Å². The Labute approximate surface area is 91.3 Å². The Morgan fingerprint density at radius 3 is 2.12 bits per heavy atom. The lowest BCUT2D eigenvalue weighted by atomic mass is 9.95. The summed E-state index contributed by atoms with van der Waals surface area (Å²) in [7, 11) is 0. The molecule has 1 aromatic rings. The van der Waals surface area contributed by atoms with Gasteiger partial charge in [0.15, 0.2) is 0 Å². The van der Waals surface area contributed by atoms with Crippen LogP contribution in [0.4, 0.5) is 17.6 Å². The van der Waals surface area contributed by atoms with Gasteiger partial charge in [0.25, 0.3) is 0 Å². The number of halogens is 4. The molecule has 2 N–H and O–H groups in total. The first-order chi connectivity index (χ1) is 7.23. The van der Waals surface area contributed by atoms with E-state index in [1.807, 2.05) is 0 Å². The normalized spacial score (nSPS) is 14.2. The van der Waals surface area contributed by atoms with E-state index in [0.717, 1.165) is 12.1 Å². The number of alkyl halides is 3. The van der Waals surface area contributed by atoms with Crippen LogP contribution in [0.5, 0.6) is 0 Å². The van der Waals surface area contributed by atoms with Crippen molar-refractivity contribution in [3.8, 4) is 0 Å². The Morgan fingerprint density at radius 1 is 1.19 bits per heavy atom. The maximum Gasteiger partial charge on any atom is 0.416 e. The largest absolute Gasteiger partial charge is 0.416 e. The molecule has 0 saturated carbocycles. The highest BCUT2D eigenvalue weighted by molar-refractivity contribution is 5.28. The first-order valence-electron chi connectivity index (χ1n) is 4.85. The summed E-state index contributed by atoms with van der Waals surface area (Å²) in [5.41, 5.74) is 4.79. The van der Waals surface area contributed by atoms with E-state index < -0.39 is 23.6 Å². The highest BCUT2D eigenvalue weighted by atomic mass is 19.4. The van der Waals surface area contributed by atoms with Crippen molar-refractivity contribution in [1.82, 2.24) is 0 Å². The lowest BCUT2D eigenvalue weighted by Crippen LogP contribution is -2.18. The molecule has 0 saturated heterocycles. The molecule has 0 aromatic heterocycles. The highest BCUT2D eigenvalue weighted by Crippen LogP contribution is 2.32. The van der Waals surface area contributed by atoms with Crippen molar-refractivity contribution < 1.29 is 17.6 Å². The number of rotatable bonds is 2. The van der Waals surface area contributed by atoms with Gasteiger partial charge in [-0.1, -0.05) is 19.9 Å². The Bertz CT molecular complexity index is 371. The molecule has 5 heteroatoms. The summed E-state index contributed by atoms with van der Waals surface area (Å²) in [5, 5.41) is 0. The summed E-state index contributed by atoms with van der Waals surface area (Å²) >= 11 is 0. The lowest BCUT2D eigenvalue weighted by Gasteiger charge is -2.17. The molecule has 0 aliphatic carbocycles. The molecule has 0 aliphatic heterocycles. The van der Waals surface area contributed by atoms with Crippen molar-refractivity contribution in [3.63, 3.8) is 0 Å². The molecular weight excluding hydrogens is 222 g/mol. The summed E-state index contributed by atoms with van der Waals surface area (Å²) < 4.78 is 50.2. The SMILES string of the molecule is CC(C)[C@H](N)c1ccc(C(F)(F)F)cc1F. The van der Waals surface area contributed by atoms with E-state index in [-0.39, 0.29) is 11.5 Å². The second kappa shape index (κ2) is 4.41. The van der Waals surface area contributed by atoms with E-state index in [2.05, 4.69) is 0 Å². The van der Waals surface area contributed by atoms with Crippen LogP contribution in [0.1, 0.15) is 31.0 Å². The zero-order chi connectivity index (χ0) is 12.5. The summed E-state index contributed by atoms with van der Waals surface area (Å²) in [5.74, 6) is -0.942. The zero-order valence-corrected chi connectivity index (χ0v) is 8.98. The lowest BCUT2D eigenvalue weighted by molar-refractivity contribution is -0.137. The molecule has 0 aliphatic rings. The first kappa shape index (κ1) is 13.0. The van der Waals surface area contributed by atoms with Gasteiger partial charge in [0.2, 0.25) is 0 Å². The molecule has 1 atom stereocenters. The smallest absolute Gasteiger partial charge is 0.324 e. The van der Waals surface area contributed by atoms with Gasteiger partial charge in [-0.3, -0.25) is 0 Å². The molecule has 1 nitrogen and oxygen atoms in total. The Kier molecular flexibility index (Phi) is 3.57. The number of hydrogen-bond acceptors (Lipinski definition) is 1. The van der Waals surface area contributed by atoms with Crippen LogP contribution in [-0.4, -0.2) is 0 Å². The molecule has 0 unspecified atom stereocenters. The van der Waals surface area contributed by atoms with Crippen LogP contribution in [-0.2, 0) is 6.18 Å². The van der Waals surface area contributed by atoms with E-state index in [4.69, 9.17) is 5.73 Å². The minimum atomic E-state index is -4.53. The summed E-state index contributed by atoms with van der Waals surface area (Å²) in [6.07, 6.45) is -4.53. The average Bonchev–Trinajstić information content (AvgIpc) is 2.15. The molecule has 90 valence electrons. The van der Waals surface area contributed by atoms with Crippen LogP contribution < -0.4 is 5.73 Å². The molecule has 1 rings (SSSR count). The fourth-order valence-electron chi connectivity index (χ4n) is 1.33. The van der Waals surface area contributed by atoms with Crippen LogP contribution in [0.15, 0.2) is 18.2 Å². The van der Waals surface area contributed by atoms with Crippen LogP contribution in [0.3, 0.4) is 0 Å². The predicted octanol–water partition coefficient (Wildman–Crippen LogP) is 3.50. The van der Waals surface area contributed by atoms with Crippen molar-refractivity contribution >= 4 is 0 Å². The van der Waals surface area contributed by atoms with E-state index in [9.17, 15) is 17.6 Å². The topological polar surface area (TPSA) is 26.0 Å². The third-order valence-corrected chi connectivity index (χ3v) is 2.41. The third-order valence-electron chi connectivity index (χ3n) is 2.41. The summed E-state index contributed by atoms with van der Waals surface area (Å²) in [4.78, 5) is 0. The van der Waals surface area contributed by atoms with Crippen molar-refractivity contribution in [3.05, 3.63) is 35.1 Å². The molecule has 0 bridgehead atoms. The van der Waals surface area contributed by atoms with E-state index in [1.54, 1.807) is 13.8 Å². The van der Waals surface area contributed by atoms with E-state index in [1.165, 1.54) is 0 Å². The third kappa shape index (κ3) is 2.72. The van der Waals surface area contributed by atoms with Crippen molar-refractivity contribution in [2.45, 2.75) is 26.1 Å². The van der Waals surface area contributed by atoms with Crippen LogP contribution in [0, 0.1) is 11.7 Å². The Morgan fingerprint density at radius 2 is 1.75 bits per heavy atom. The zero-order valence-electron chi connectivity index (χ0n) is 8.98. The average molecular weight is 235 g/mol. The highest BCUT2D eigenvalue weighted by Gasteiger charge is 2.31. The maximum atomic E-state index is 13.4. The standard InChI is InChI=1S/C11H13F4N/c1-6(2)10(16)8-4-3-7(5-9(8)12)11(13,14)15/h3-6,10H,16H2,1-2H3/t10-/m0/s1. The number of hydrogen-bond donors (Lipinski definition) is 1. The van der Waals surface area contributed by atoms with Gasteiger partial charge in [0, 0.05) is 11.6 Å². The van der Waals surface area contributed by atoms with Gasteiger partial charge in [-0.15, -0.1) is 0 Å². The minimum absolute atomic E-state index is 0.0359. The minimum Gasteiger partial charge on any atom is -0.324 e. The summed E-state index contributed by atoms with van der Waals surface area (Å²) in [6.45, 7) is 3.56. The molecule has 0 radical (unpaired) electrons. The van der Waals surface area contributed by atoms with Crippen LogP contribution >= 0.6 is 0 Å². The van der Waals surface area contributed by atoms with E-state index >= 15 is 0 Å². The number of benzene rings is 1. The predicted molar refractivity (Wildman–Crippen MR) is 53.2 cm³/mol. The van der Waals surface area contributed by atoms with Crippen molar-refractivity contribution in [2.24, 2.45) is 11.7 Å². The van der Waals surface area contributed by atoms with Gasteiger partial charge in [0.1, 0.15) is 5.82 Å². The van der Waals surface area contributed by atoms with Crippen molar-refractivity contribution in [2.75, 3.05) is 0 Å². The molecule has 0 fully saturated rings. The van der Waals surface area contributed by atoms with Crippen LogP contribution in [0.2, 0.25) is 0 Å². The fraction of sp³-hybridized carbons (Fsp3) is 0.455. The van der Waals surface area contributed by atoms with Gasteiger partial charge in [-0.2, -0.15) is 13.2 Å². The van der Waals surface area contributed by atoms with Crippen LogP contribution in [0.25, 0.3) is 0 Å². The van der Waals surface area contributed by atoms with Crippen molar-refractivity contribution in [1.29, 1.82) is 0 Å². The molecule has 16 heavy (non-hydrogen) atoms. The van der Waals surface area contributed by atoms with Gasteiger partial charge >= 0.3 is 6.18 Å². The van der Waals surface area contributed by atoms with E-state index in [0.29, 0.717) is 6.07 Å². The quantitative estimate of drug-likeness (QED) is 0.780. The Hall–Kier alpha value is -1.10. The maximum absolute atomic E-state index is 13.4. The Balaban J connectivity index is 3.10. The second-order valence-corrected chi connectivity index (χ2v) is 4.00. The van der Waals surface area contributed by atoms with Gasteiger partial charge in [-0.05, 0) is 18.1 Å². The second-order valence-electron chi connectivity index (χ2n) is 4.00. The molecular formula is C11H13F4N. The monoisotopic (exact) mass is 235 g/mol. The number of nitrogens with two attached hydrogens (primary N) is 1. The first-order valence-corrected chi connectivity index (χ1v) is 4.85. The van der Waals surface area contributed by atoms with Gasteiger partial charge < -0.3 is 5.73 Å². The molecule has 0 spiro atoms. The fourth-order valence-corrected chi connectivity index (χ4v) is 1.33. The molecule has 0 heterocycles. The van der Waals surface area contributed by atoms with Gasteiger partial charge in [0.05, 0.1) is 5.56 Å². The molecule has 1 aromatic carbocycles.